The molecule has 2 unspecified atom stereocenters. The average molecular weight is 500 g/mol. The maximum Gasteiger partial charge on any atom is 0.180 e. The zero-order chi connectivity index (χ0) is 25.9. The summed E-state index contributed by atoms with van der Waals surface area (Å²) in [6.45, 7) is 9.46. The van der Waals surface area contributed by atoms with Gasteiger partial charge < -0.3 is 19.7 Å². The van der Waals surface area contributed by atoms with E-state index in [0.717, 1.165) is 24.5 Å². The van der Waals surface area contributed by atoms with E-state index in [-0.39, 0.29) is 12.0 Å². The monoisotopic (exact) mass is 499 g/mol. The Labute approximate surface area is 218 Å². The molecule has 1 aromatic rings. The Morgan fingerprint density at radius 3 is 2.56 bits per heavy atom. The number of hydrogen-bond donors (Lipinski definition) is 3. The third-order valence-electron chi connectivity index (χ3n) is 10.4. The van der Waals surface area contributed by atoms with Crippen molar-refractivity contribution in [3.05, 3.63) is 41.6 Å². The maximum absolute atomic E-state index is 10.4. The van der Waals surface area contributed by atoms with E-state index in [4.69, 9.17) is 4.42 Å². The van der Waals surface area contributed by atoms with Crippen molar-refractivity contribution >= 4 is 0 Å². The van der Waals surface area contributed by atoms with Crippen LogP contribution in [0.1, 0.15) is 104 Å². The minimum absolute atomic E-state index is 0.104. The highest BCUT2D eigenvalue weighted by Gasteiger charge is 2.50. The maximum atomic E-state index is 10.4. The number of aromatic nitrogens is 1. The number of allylic oxidation sites excluding steroid dienone is 3. The lowest BCUT2D eigenvalue weighted by molar-refractivity contribution is 0.0609. The van der Waals surface area contributed by atoms with Crippen molar-refractivity contribution < 1.29 is 19.7 Å². The lowest BCUT2D eigenvalue weighted by atomic mass is 9.60. The van der Waals surface area contributed by atoms with Gasteiger partial charge in [0.1, 0.15) is 6.26 Å². The van der Waals surface area contributed by atoms with Gasteiger partial charge >= 0.3 is 0 Å². The Morgan fingerprint density at radius 2 is 1.92 bits per heavy atom. The summed E-state index contributed by atoms with van der Waals surface area (Å²) in [5.74, 6) is 2.33. The summed E-state index contributed by atoms with van der Waals surface area (Å²) in [7, 11) is 0. The van der Waals surface area contributed by atoms with Crippen molar-refractivity contribution in [1.82, 2.24) is 4.98 Å². The normalized spacial score (nSPS) is 35.8. The molecule has 3 N–H and O–H groups in total. The van der Waals surface area contributed by atoms with Crippen molar-refractivity contribution in [3.63, 3.8) is 0 Å². The van der Waals surface area contributed by atoms with Gasteiger partial charge in [-0.15, -0.1) is 0 Å². The van der Waals surface area contributed by atoms with Crippen LogP contribution in [0.15, 0.2) is 40.4 Å². The first kappa shape index (κ1) is 27.6. The van der Waals surface area contributed by atoms with E-state index in [1.807, 2.05) is 0 Å². The predicted molar refractivity (Wildman–Crippen MR) is 143 cm³/mol. The highest BCUT2D eigenvalue weighted by molar-refractivity contribution is 5.26. The molecule has 5 heteroatoms. The van der Waals surface area contributed by atoms with E-state index in [1.165, 1.54) is 50.5 Å². The lowest BCUT2D eigenvalue weighted by Crippen LogP contribution is -2.38. The van der Waals surface area contributed by atoms with E-state index in [2.05, 4.69) is 44.8 Å². The number of rotatable bonds is 9. The van der Waals surface area contributed by atoms with Gasteiger partial charge in [-0.2, -0.15) is 0 Å². The van der Waals surface area contributed by atoms with Crippen LogP contribution in [0.2, 0.25) is 0 Å². The third-order valence-corrected chi connectivity index (χ3v) is 10.4. The molecule has 36 heavy (non-hydrogen) atoms. The second-order valence-electron chi connectivity index (χ2n) is 12.8. The Kier molecular flexibility index (Phi) is 8.84. The van der Waals surface area contributed by atoms with Gasteiger partial charge in [0, 0.05) is 5.41 Å². The van der Waals surface area contributed by atoms with E-state index in [0.29, 0.717) is 42.4 Å². The van der Waals surface area contributed by atoms with Gasteiger partial charge in [-0.1, -0.05) is 63.8 Å². The first-order valence-corrected chi connectivity index (χ1v) is 14.4. The summed E-state index contributed by atoms with van der Waals surface area (Å²) in [6, 6.07) is 0. The van der Waals surface area contributed by atoms with Crippen LogP contribution in [-0.2, 0) is 5.41 Å². The number of aliphatic hydroxyl groups is 3. The molecule has 0 amide bonds. The zero-order valence-corrected chi connectivity index (χ0v) is 23.0. The van der Waals surface area contributed by atoms with Crippen molar-refractivity contribution in [2.75, 3.05) is 6.61 Å². The topological polar surface area (TPSA) is 86.7 Å². The molecule has 0 radical (unpaired) electrons. The molecule has 4 rings (SSSR count). The van der Waals surface area contributed by atoms with Crippen LogP contribution in [0.3, 0.4) is 0 Å². The molecule has 3 fully saturated rings. The summed E-state index contributed by atoms with van der Waals surface area (Å²) in [6.07, 6.45) is 18.4. The minimum Gasteiger partial charge on any atom is -0.451 e. The highest BCUT2D eigenvalue weighted by atomic mass is 16.3. The Hall–Kier alpha value is -1.43. The largest absolute Gasteiger partial charge is 0.451 e. The quantitative estimate of drug-likeness (QED) is 0.369. The SMILES string of the molecule is CC(CCC[C@@](CO)(c1cocn1)C(C)C)[C@H]1CCC2/C(=C\C=C3C[C@@H](O)C[C@@H](O)C3)CCC[C@@]21C. The van der Waals surface area contributed by atoms with Crippen molar-refractivity contribution in [3.8, 4) is 0 Å². The van der Waals surface area contributed by atoms with Crippen LogP contribution in [0.4, 0.5) is 0 Å². The molecular formula is C31H49NO4. The molecule has 3 saturated carbocycles. The van der Waals surface area contributed by atoms with Crippen LogP contribution in [0.25, 0.3) is 0 Å². The molecular weight excluding hydrogens is 450 g/mol. The predicted octanol–water partition coefficient (Wildman–Crippen LogP) is 6.34. The van der Waals surface area contributed by atoms with Crippen molar-refractivity contribution in [1.29, 1.82) is 0 Å². The second kappa shape index (κ2) is 11.5. The summed E-state index contributed by atoms with van der Waals surface area (Å²) in [4.78, 5) is 4.42. The Bertz CT molecular complexity index is 894. The number of aliphatic hydroxyl groups excluding tert-OH is 3. The molecule has 1 heterocycles. The molecule has 5 nitrogen and oxygen atoms in total. The van der Waals surface area contributed by atoms with E-state index < -0.39 is 12.2 Å². The van der Waals surface area contributed by atoms with Gasteiger partial charge in [-0.25, -0.2) is 4.98 Å². The third kappa shape index (κ3) is 5.54. The van der Waals surface area contributed by atoms with Crippen LogP contribution >= 0.6 is 0 Å². The summed E-state index contributed by atoms with van der Waals surface area (Å²) in [5.41, 5.74) is 3.68. The highest BCUT2D eigenvalue weighted by Crippen LogP contribution is 2.60. The van der Waals surface area contributed by atoms with E-state index in [1.54, 1.807) is 11.8 Å². The van der Waals surface area contributed by atoms with Crippen LogP contribution in [-0.4, -0.2) is 39.1 Å². The molecule has 202 valence electrons. The summed E-state index contributed by atoms with van der Waals surface area (Å²) >= 11 is 0. The summed E-state index contributed by atoms with van der Waals surface area (Å²) < 4.78 is 5.28. The minimum atomic E-state index is -0.406. The van der Waals surface area contributed by atoms with Crippen LogP contribution in [0, 0.1) is 29.1 Å². The van der Waals surface area contributed by atoms with E-state index in [9.17, 15) is 15.3 Å². The molecule has 0 aromatic carbocycles. The van der Waals surface area contributed by atoms with Gasteiger partial charge in [0.25, 0.3) is 0 Å². The molecule has 3 aliphatic carbocycles. The molecule has 0 spiro atoms. The Balaban J connectivity index is 1.40. The van der Waals surface area contributed by atoms with Crippen LogP contribution < -0.4 is 0 Å². The van der Waals surface area contributed by atoms with E-state index >= 15 is 0 Å². The number of hydrogen-bond acceptors (Lipinski definition) is 5. The zero-order valence-electron chi connectivity index (χ0n) is 23.0. The van der Waals surface area contributed by atoms with Gasteiger partial charge in [0.15, 0.2) is 6.39 Å². The molecule has 0 bridgehead atoms. The van der Waals surface area contributed by atoms with Gasteiger partial charge in [-0.3, -0.25) is 0 Å². The number of nitrogens with zero attached hydrogens (tertiary/aromatic N) is 1. The fraction of sp³-hybridized carbons (Fsp3) is 0.774. The molecule has 0 aliphatic heterocycles. The molecule has 1 aromatic heterocycles. The number of fused-ring (bicyclic) bond motifs is 1. The fourth-order valence-electron chi connectivity index (χ4n) is 8.20. The van der Waals surface area contributed by atoms with Crippen LogP contribution in [0.5, 0.6) is 0 Å². The summed E-state index contributed by atoms with van der Waals surface area (Å²) in [5, 5.41) is 30.5. The fourth-order valence-corrected chi connectivity index (χ4v) is 8.20. The first-order valence-electron chi connectivity index (χ1n) is 14.4. The van der Waals surface area contributed by atoms with Gasteiger partial charge in [0.05, 0.1) is 24.5 Å². The van der Waals surface area contributed by atoms with Gasteiger partial charge in [-0.05, 0) is 86.9 Å². The van der Waals surface area contributed by atoms with Crippen molar-refractivity contribution in [2.45, 2.75) is 116 Å². The molecule has 3 aliphatic rings. The first-order chi connectivity index (χ1) is 17.2. The average Bonchev–Trinajstić information content (AvgIpc) is 3.48. The lowest BCUT2D eigenvalue weighted by Gasteiger charge is -2.44. The smallest absolute Gasteiger partial charge is 0.180 e. The molecule has 7 atom stereocenters. The standard InChI is InChI=1S/C31H49NO4/c1-21(2)31(19-33,29-18-36-20-32-29)14-5-7-22(3)27-11-12-28-24(8-6-13-30(27,28)4)10-9-23-15-25(34)17-26(35)16-23/h9-10,18,20-22,25-28,33-35H,5-8,11-17,19H2,1-4H3/b23-9?,24-10-/t22?,25-,26+,27-,28?,30-,31+/m1/s1. The van der Waals surface area contributed by atoms with Crippen molar-refractivity contribution in [2.24, 2.45) is 29.1 Å². The second-order valence-corrected chi connectivity index (χ2v) is 12.8. The van der Waals surface area contributed by atoms with Gasteiger partial charge in [0.2, 0.25) is 0 Å². The molecule has 0 saturated heterocycles. The number of oxazole rings is 1. The Morgan fingerprint density at radius 1 is 1.17 bits per heavy atom.